The molecule has 0 aliphatic heterocycles. The van der Waals surface area contributed by atoms with Crippen molar-refractivity contribution in [2.45, 2.75) is 33.5 Å². The van der Waals surface area contributed by atoms with Crippen LogP contribution in [0.2, 0.25) is 0 Å². The van der Waals surface area contributed by atoms with E-state index in [0.717, 1.165) is 28.9 Å². The van der Waals surface area contributed by atoms with Gasteiger partial charge in [0.15, 0.2) is 0 Å². The molecule has 0 fully saturated rings. The summed E-state index contributed by atoms with van der Waals surface area (Å²) in [4.78, 5) is 12.8. The molecule has 7 heteroatoms. The van der Waals surface area contributed by atoms with Gasteiger partial charge in [-0.15, -0.1) is 0 Å². The molecule has 4 nitrogen and oxygen atoms in total. The largest absolute Gasteiger partial charge is 0.416 e. The summed E-state index contributed by atoms with van der Waals surface area (Å²) in [7, 11) is 0. The van der Waals surface area contributed by atoms with Crippen molar-refractivity contribution in [3.05, 3.63) is 81.0 Å². The lowest BCUT2D eigenvalue weighted by molar-refractivity contribution is -0.137. The number of hydrogen-bond donors (Lipinski definition) is 0. The Kier molecular flexibility index (Phi) is 4.48. The molecule has 1 aromatic heterocycles. The molecule has 0 bridgehead atoms. The van der Waals surface area contributed by atoms with Gasteiger partial charge in [-0.2, -0.15) is 18.3 Å². The number of benzene rings is 2. The number of alkyl halides is 3. The van der Waals surface area contributed by atoms with E-state index in [1.54, 1.807) is 13.0 Å². The first-order chi connectivity index (χ1) is 12.2. The molecular weight excluding hydrogens is 343 g/mol. The van der Waals surface area contributed by atoms with Gasteiger partial charge in [0.2, 0.25) is 0 Å². The Hall–Kier alpha value is -2.83. The van der Waals surface area contributed by atoms with Crippen LogP contribution in [-0.4, -0.2) is 14.3 Å². The Labute approximate surface area is 148 Å². The first kappa shape index (κ1) is 18.0. The average Bonchev–Trinajstić information content (AvgIpc) is 2.82. The quantitative estimate of drug-likeness (QED) is 0.707. The summed E-state index contributed by atoms with van der Waals surface area (Å²) in [5.74, 6) is 0.486. The van der Waals surface area contributed by atoms with Crippen LogP contribution in [0.1, 0.15) is 28.1 Å². The Morgan fingerprint density at radius 3 is 2.23 bits per heavy atom. The van der Waals surface area contributed by atoms with E-state index in [4.69, 9.17) is 0 Å². The fraction of sp³-hybridized carbons (Fsp3) is 0.263. The molecule has 136 valence electrons. The van der Waals surface area contributed by atoms with E-state index >= 15 is 0 Å². The number of para-hydroxylation sites is 1. The third-order valence-electron chi connectivity index (χ3n) is 4.25. The van der Waals surface area contributed by atoms with Gasteiger partial charge in [0.25, 0.3) is 0 Å². The molecule has 0 amide bonds. The highest BCUT2D eigenvalue weighted by Gasteiger charge is 2.30. The van der Waals surface area contributed by atoms with Crippen molar-refractivity contribution in [1.82, 2.24) is 14.3 Å². The predicted molar refractivity (Wildman–Crippen MR) is 92.6 cm³/mol. The van der Waals surface area contributed by atoms with Crippen LogP contribution in [0.3, 0.4) is 0 Å². The zero-order valence-corrected chi connectivity index (χ0v) is 14.6. The minimum absolute atomic E-state index is 0.0263. The van der Waals surface area contributed by atoms with Gasteiger partial charge in [0.05, 0.1) is 17.8 Å². The summed E-state index contributed by atoms with van der Waals surface area (Å²) in [6.07, 6.45) is -4.42. The molecule has 2 aromatic carbocycles. The minimum Gasteiger partial charge on any atom is -0.247 e. The maximum Gasteiger partial charge on any atom is 0.416 e. The molecule has 0 unspecified atom stereocenters. The highest BCUT2D eigenvalue weighted by atomic mass is 19.4. The Morgan fingerprint density at radius 1 is 1.00 bits per heavy atom. The van der Waals surface area contributed by atoms with Gasteiger partial charge in [0, 0.05) is 0 Å². The Morgan fingerprint density at radius 2 is 1.62 bits per heavy atom. The zero-order valence-electron chi connectivity index (χ0n) is 14.6. The van der Waals surface area contributed by atoms with Gasteiger partial charge in [0.1, 0.15) is 5.82 Å². The van der Waals surface area contributed by atoms with E-state index in [1.165, 1.54) is 15.3 Å². The molecule has 0 N–H and O–H groups in total. The SMILES string of the molecule is Cc1cccc(C)c1-n1c(C)nn(Cc2cccc(C(F)(F)F)c2)c1=O. The molecule has 3 aromatic rings. The monoisotopic (exact) mass is 361 g/mol. The molecule has 0 atom stereocenters. The number of nitrogens with zero attached hydrogens (tertiary/aromatic N) is 3. The summed E-state index contributed by atoms with van der Waals surface area (Å²) >= 11 is 0. The first-order valence-electron chi connectivity index (χ1n) is 8.07. The second-order valence-electron chi connectivity index (χ2n) is 6.26. The van der Waals surface area contributed by atoms with E-state index in [1.807, 2.05) is 32.0 Å². The number of halogens is 3. The Balaban J connectivity index is 2.04. The van der Waals surface area contributed by atoms with E-state index in [2.05, 4.69) is 5.10 Å². The van der Waals surface area contributed by atoms with Crippen LogP contribution in [0.25, 0.3) is 5.69 Å². The molecule has 3 rings (SSSR count). The van der Waals surface area contributed by atoms with E-state index in [-0.39, 0.29) is 12.2 Å². The van der Waals surface area contributed by atoms with Crippen LogP contribution in [0.5, 0.6) is 0 Å². The third-order valence-corrected chi connectivity index (χ3v) is 4.25. The smallest absolute Gasteiger partial charge is 0.247 e. The zero-order chi connectivity index (χ0) is 19.1. The molecule has 0 aliphatic rings. The van der Waals surface area contributed by atoms with Crippen LogP contribution < -0.4 is 5.69 Å². The first-order valence-corrected chi connectivity index (χ1v) is 8.07. The van der Waals surface area contributed by atoms with Gasteiger partial charge >= 0.3 is 11.9 Å². The highest BCUT2D eigenvalue weighted by Crippen LogP contribution is 2.29. The van der Waals surface area contributed by atoms with Crippen molar-refractivity contribution in [3.63, 3.8) is 0 Å². The lowest BCUT2D eigenvalue weighted by atomic mass is 10.1. The van der Waals surface area contributed by atoms with Crippen molar-refractivity contribution in [3.8, 4) is 5.69 Å². The van der Waals surface area contributed by atoms with Crippen LogP contribution in [0.4, 0.5) is 13.2 Å². The van der Waals surface area contributed by atoms with E-state index in [9.17, 15) is 18.0 Å². The van der Waals surface area contributed by atoms with Crippen LogP contribution in [-0.2, 0) is 12.7 Å². The van der Waals surface area contributed by atoms with Crippen molar-refractivity contribution in [1.29, 1.82) is 0 Å². The second-order valence-corrected chi connectivity index (χ2v) is 6.26. The summed E-state index contributed by atoms with van der Waals surface area (Å²) in [6, 6.07) is 10.6. The second kappa shape index (κ2) is 6.48. The van der Waals surface area contributed by atoms with Crippen molar-refractivity contribution in [2.75, 3.05) is 0 Å². The lowest BCUT2D eigenvalue weighted by Crippen LogP contribution is -2.25. The molecule has 0 saturated carbocycles. The third kappa shape index (κ3) is 3.29. The van der Waals surface area contributed by atoms with Gasteiger partial charge in [-0.25, -0.2) is 14.0 Å². The lowest BCUT2D eigenvalue weighted by Gasteiger charge is -2.10. The van der Waals surface area contributed by atoms with Crippen molar-refractivity contribution >= 4 is 0 Å². The highest BCUT2D eigenvalue weighted by molar-refractivity contribution is 5.47. The van der Waals surface area contributed by atoms with E-state index in [0.29, 0.717) is 11.4 Å². The normalized spacial score (nSPS) is 11.8. The molecule has 0 saturated heterocycles. The fourth-order valence-corrected chi connectivity index (χ4v) is 3.05. The summed E-state index contributed by atoms with van der Waals surface area (Å²) in [6.45, 7) is 5.48. The minimum atomic E-state index is -4.42. The standard InChI is InChI=1S/C19H18F3N3O/c1-12-6-4-7-13(2)17(12)25-14(3)23-24(18(25)26)11-15-8-5-9-16(10-15)19(20,21)22/h4-10H,11H2,1-3H3. The number of rotatable bonds is 3. The van der Waals surface area contributed by atoms with Gasteiger partial charge in [-0.1, -0.05) is 30.3 Å². The van der Waals surface area contributed by atoms with Gasteiger partial charge < -0.3 is 0 Å². The molecule has 1 heterocycles. The number of aromatic nitrogens is 3. The van der Waals surface area contributed by atoms with Gasteiger partial charge in [-0.05, 0) is 49.6 Å². The fourth-order valence-electron chi connectivity index (χ4n) is 3.05. The maximum absolute atomic E-state index is 12.9. The molecular formula is C19H18F3N3O. The van der Waals surface area contributed by atoms with Gasteiger partial charge in [-0.3, -0.25) is 0 Å². The molecule has 0 spiro atoms. The van der Waals surface area contributed by atoms with Crippen LogP contribution in [0.15, 0.2) is 47.3 Å². The van der Waals surface area contributed by atoms with Crippen molar-refractivity contribution in [2.24, 2.45) is 0 Å². The van der Waals surface area contributed by atoms with Crippen LogP contribution >= 0.6 is 0 Å². The summed E-state index contributed by atoms with van der Waals surface area (Å²) in [5.41, 5.74) is 1.85. The van der Waals surface area contributed by atoms with E-state index < -0.39 is 11.7 Å². The molecule has 0 radical (unpaired) electrons. The molecule has 0 aliphatic carbocycles. The predicted octanol–water partition coefficient (Wildman–Crippen LogP) is 4.03. The Bertz CT molecular complexity index is 995. The number of aryl methyl sites for hydroxylation is 3. The topological polar surface area (TPSA) is 39.8 Å². The van der Waals surface area contributed by atoms with Crippen LogP contribution in [0, 0.1) is 20.8 Å². The molecule has 26 heavy (non-hydrogen) atoms. The van der Waals surface area contributed by atoms with Crippen molar-refractivity contribution < 1.29 is 13.2 Å². The summed E-state index contributed by atoms with van der Waals surface area (Å²) < 4.78 is 41.3. The maximum atomic E-state index is 12.9. The number of hydrogen-bond acceptors (Lipinski definition) is 2. The summed E-state index contributed by atoms with van der Waals surface area (Å²) in [5, 5.41) is 4.24. The average molecular weight is 361 g/mol.